The second-order valence-electron chi connectivity index (χ2n) is 16.0. The Kier molecular flexibility index (Phi) is 34.3. The van der Waals surface area contributed by atoms with Gasteiger partial charge in [-0.25, -0.2) is 44.4 Å². The van der Waals surface area contributed by atoms with E-state index in [9.17, 15) is 66.3 Å². The minimum atomic E-state index is -5.67. The van der Waals surface area contributed by atoms with Crippen LogP contribution in [0.4, 0.5) is 11.4 Å². The van der Waals surface area contributed by atoms with Crippen molar-refractivity contribution in [1.29, 1.82) is 0 Å². The smallest absolute Gasteiger partial charge is 0.746 e. The Hall–Kier alpha value is -2.23. The molecule has 8 rings (SSSR count). The molecule has 0 bridgehead atoms. The number of hydrogen-bond donors (Lipinski definition) is 2. The summed E-state index contributed by atoms with van der Waals surface area (Å²) in [6.07, 6.45) is 0.0878. The topological polar surface area (TPSA) is 406 Å². The van der Waals surface area contributed by atoms with Crippen LogP contribution >= 0.6 is 0 Å². The van der Waals surface area contributed by atoms with Gasteiger partial charge in [0, 0.05) is 40.4 Å². The molecule has 84 heavy (non-hydrogen) atoms. The summed E-state index contributed by atoms with van der Waals surface area (Å²) in [5.74, 6) is -1.56. The van der Waals surface area contributed by atoms with Gasteiger partial charge in [0.1, 0.15) is 46.3 Å². The van der Waals surface area contributed by atoms with Crippen molar-refractivity contribution >= 4 is 112 Å². The largest absolute Gasteiger partial charge is 1.00 e. The van der Waals surface area contributed by atoms with Crippen LogP contribution in [0.1, 0.15) is 31.8 Å². The van der Waals surface area contributed by atoms with Crippen molar-refractivity contribution in [3.8, 4) is 22.3 Å². The van der Waals surface area contributed by atoms with E-state index >= 15 is 0 Å². The van der Waals surface area contributed by atoms with E-state index in [0.29, 0.717) is 45.5 Å². The van der Waals surface area contributed by atoms with Gasteiger partial charge in [-0.3, -0.25) is 20.4 Å². The fourth-order valence-electron chi connectivity index (χ4n) is 7.89. The van der Waals surface area contributed by atoms with Gasteiger partial charge in [0.2, 0.25) is 0 Å². The van der Waals surface area contributed by atoms with Crippen molar-refractivity contribution < 1.29 is 269 Å². The maximum absolute atomic E-state index is 13.8. The van der Waals surface area contributed by atoms with Crippen LogP contribution in [0.25, 0.3) is 43.8 Å². The molecular weight excluding hydrogens is 1280 g/mol. The zero-order valence-electron chi connectivity index (χ0n) is 44.8. The van der Waals surface area contributed by atoms with Gasteiger partial charge < -0.3 is 47.0 Å². The zero-order chi connectivity index (χ0) is 57.5. The second-order valence-corrected chi connectivity index (χ2v) is 22.2. The van der Waals surface area contributed by atoms with Crippen molar-refractivity contribution in [2.24, 2.45) is 0 Å². The Morgan fingerprint density at radius 3 is 1.24 bits per heavy atom. The molecule has 0 spiro atoms. The normalized spacial score (nSPS) is 10.7. The minimum absolute atomic E-state index is 0. The Balaban J connectivity index is 0.00000463. The fourth-order valence-corrected chi connectivity index (χ4v) is 10.6. The van der Waals surface area contributed by atoms with Gasteiger partial charge in [-0.05, 0) is 80.7 Å². The zero-order valence-corrected chi connectivity index (χ0v) is 61.7. The molecule has 0 heterocycles. The third-order valence-corrected chi connectivity index (χ3v) is 14.5. The number of fused-ring (bicyclic) bond motifs is 2. The van der Waals surface area contributed by atoms with Crippen LogP contribution in [0.5, 0.6) is 0 Å². The molecule has 35 heteroatoms. The molecule has 0 aromatic heterocycles. The van der Waals surface area contributed by atoms with Crippen LogP contribution in [0.2, 0.25) is 0 Å². The van der Waals surface area contributed by atoms with E-state index in [-0.39, 0.29) is 230 Å². The van der Waals surface area contributed by atoms with Crippen LogP contribution in [0, 0.1) is 12.1 Å². The first-order valence-electron chi connectivity index (χ1n) is 21.3. The summed E-state index contributed by atoms with van der Waals surface area (Å²) >= 11 is 0. The number of amides is 2. The number of carbonyl (C=O) groups is 3. The average Bonchev–Trinajstić information content (AvgIpc) is 3.35. The molecule has 0 saturated carbocycles. The predicted octanol–water partition coefficient (Wildman–Crippen LogP) is -13.6. The molecule has 2 amide bonds. The van der Waals surface area contributed by atoms with Gasteiger partial charge >= 0.3 is 199 Å². The van der Waals surface area contributed by atoms with Crippen molar-refractivity contribution in [1.82, 2.24) is 0 Å². The van der Waals surface area contributed by atoms with E-state index in [0.717, 1.165) is 12.1 Å². The van der Waals surface area contributed by atoms with Crippen LogP contribution < -0.4 is 188 Å². The van der Waals surface area contributed by atoms with Crippen molar-refractivity contribution in [3.05, 3.63) is 180 Å². The van der Waals surface area contributed by atoms with E-state index in [1.54, 1.807) is 84.9 Å². The minimum Gasteiger partial charge on any atom is -0.746 e. The van der Waals surface area contributed by atoms with Crippen LogP contribution in [0.3, 0.4) is 0 Å². The van der Waals surface area contributed by atoms with Crippen molar-refractivity contribution in [2.75, 3.05) is 10.6 Å². The maximum Gasteiger partial charge on any atom is 1.00 e. The summed E-state index contributed by atoms with van der Waals surface area (Å²) in [6, 6.07) is 39.4. The third kappa shape index (κ3) is 22.4. The molecule has 23 nitrogen and oxygen atoms in total. The fraction of sp³-hybridized carbons (Fsp3) is 0.0408. The molecule has 0 aliphatic heterocycles. The Bertz CT molecular complexity index is 4430. The number of rotatable bonds is 14. The maximum atomic E-state index is 13.8. The summed E-state index contributed by atoms with van der Waals surface area (Å²) < 4.78 is 195. The Labute approximate surface area is 616 Å². The quantitative estimate of drug-likeness (QED) is 0.0580. The number of Topliss-reactive ketones (excluding diaryl/α,β-unsaturated/α-hetero) is 1. The third-order valence-electron chi connectivity index (χ3n) is 11.0. The number of nitrogens with one attached hydrogen (secondary N) is 2. The number of anilines is 2. The van der Waals surface area contributed by atoms with Crippen LogP contribution in [-0.4, -0.2) is 94.7 Å². The summed E-state index contributed by atoms with van der Waals surface area (Å²) in [6.45, 7) is 0. The molecule has 404 valence electrons. The van der Waals surface area contributed by atoms with Gasteiger partial charge in [-0.1, -0.05) is 91.0 Å². The van der Waals surface area contributed by atoms with Crippen molar-refractivity contribution in [2.45, 2.75) is 32.4 Å². The van der Waals surface area contributed by atoms with E-state index in [4.69, 9.17) is 25.3 Å². The van der Waals surface area contributed by atoms with E-state index in [2.05, 4.69) is 22.8 Å². The Morgan fingerprint density at radius 1 is 0.452 bits per heavy atom. The SMILES string of the molecule is O=C(Cc1ccc(-c2ccccc2C(=O)Nc2ccc(S(=O)(=O)[O-])c3c[c-]c[c-]c23)cc1)Cc1ccc(-c2ccccc2C(=O)Nc2ccc(S(=O)(=O)[O-])c3cc(S(=O)(=O)[O-])cc(S(=O)(=O)[O-])c23)cc1.O=S(=O)=O.O=S(=O)=O.[Na+].[Na+].[Na+].[Na+].[Na+].[Na+]. The Morgan fingerprint density at radius 2 is 0.833 bits per heavy atom. The molecule has 8 aromatic carbocycles. The molecule has 2 N–H and O–H groups in total. The average molecular weight is 1310 g/mol. The number of hydrogen-bond acceptors (Lipinski definition) is 21. The number of benzene rings is 8. The number of carbonyl (C=O) groups excluding carboxylic acids is 3. The molecule has 0 atom stereocenters. The molecule has 0 aliphatic carbocycles. The summed E-state index contributed by atoms with van der Waals surface area (Å²) in [4.78, 5) is 36.5. The molecule has 0 saturated heterocycles. The van der Waals surface area contributed by atoms with Gasteiger partial charge in [0.15, 0.2) is 0 Å². The van der Waals surface area contributed by atoms with E-state index in [1.165, 1.54) is 30.3 Å². The predicted molar refractivity (Wildman–Crippen MR) is 269 cm³/mol. The molecule has 8 aromatic rings. The first kappa shape index (κ1) is 81.8. The van der Waals surface area contributed by atoms with E-state index < -0.39 is 110 Å². The van der Waals surface area contributed by atoms with Gasteiger partial charge in [0.05, 0.1) is 20.4 Å². The monoisotopic (exact) mass is 1310 g/mol. The molecule has 0 unspecified atom stereocenters. The summed E-state index contributed by atoms with van der Waals surface area (Å²) in [5, 5.41) is 3.74. The molecule has 0 fully saturated rings. The van der Waals surface area contributed by atoms with Gasteiger partial charge in [0.25, 0.3) is 11.8 Å². The van der Waals surface area contributed by atoms with Crippen LogP contribution in [-0.2, 0) is 79.3 Å². The van der Waals surface area contributed by atoms with Crippen LogP contribution in [0.15, 0.2) is 165 Å². The summed E-state index contributed by atoms with van der Waals surface area (Å²) in [7, 11) is -27.7. The number of ketones is 1. The van der Waals surface area contributed by atoms with E-state index in [1.807, 2.05) is 0 Å². The van der Waals surface area contributed by atoms with Crippen molar-refractivity contribution in [3.63, 3.8) is 0 Å². The molecular formula is C49H30N2Na6O21S6. The molecule has 0 aliphatic rings. The summed E-state index contributed by atoms with van der Waals surface area (Å²) in [5.41, 5.74) is 3.40. The standard InChI is InChI=1S/C49H34N2O15S4.6Na.2O3S/c52-33(25-29-13-17-31(18-14-29)35-7-1-5-11-39(35)48(53)50-42-21-23-44(68(58,59)60)38-10-4-3-9-37(38)42)26-30-15-19-32(20-16-30)36-8-2-6-12-40(36)49(54)51-43-22-24-45(69(61,62)63)41-27-34(67(55,56)57)28-46(47(41)43)70(64,65)66;;;;;;;2*1-4(2)3/h1-3,5-8,10-24,27-28H,25-26H2,(H,50,53)(H,51,54)(H,55,56,57)(H,58,59,60)(H,61,62,63)(H,64,65,66);;;;;;;;/q-2;6*+1;;/p-4. The first-order chi connectivity index (χ1) is 36.4. The molecule has 0 radical (unpaired) electrons. The first-order valence-corrected chi connectivity index (χ1v) is 28.9. The second kappa shape index (κ2) is 35.2. The van der Waals surface area contributed by atoms with Gasteiger partial charge in [-0.15, -0.1) is 25.3 Å². The van der Waals surface area contributed by atoms with Gasteiger partial charge in [-0.2, -0.15) is 0 Å².